The monoisotopic (exact) mass is 689 g/mol. The van der Waals surface area contributed by atoms with Crippen molar-refractivity contribution in [3.63, 3.8) is 0 Å². The third-order valence-corrected chi connectivity index (χ3v) is 7.19. The van der Waals surface area contributed by atoms with Gasteiger partial charge in [-0.05, 0) is 12.5 Å². The van der Waals surface area contributed by atoms with Crippen LogP contribution in [0.1, 0.15) is 18.1 Å². The molecule has 4 aromatic carbocycles. The van der Waals surface area contributed by atoms with Gasteiger partial charge in [-0.3, -0.25) is 0 Å². The fraction of sp³-hybridized carbons (Fsp3) is 0.103. The molecule has 0 saturated heterocycles. The number of rotatable bonds is 9. The van der Waals surface area contributed by atoms with Gasteiger partial charge in [-0.15, -0.1) is 6.58 Å². The minimum atomic E-state index is -6.23. The van der Waals surface area contributed by atoms with Crippen LogP contribution in [0.25, 0.3) is 0 Å². The molecular weight excluding hydrogens is 676 g/mol. The van der Waals surface area contributed by atoms with E-state index in [0.29, 0.717) is 0 Å². The van der Waals surface area contributed by atoms with E-state index in [2.05, 4.69) is 6.58 Å². The first kappa shape index (κ1) is 35.3. The molecule has 18 heteroatoms. The van der Waals surface area contributed by atoms with Gasteiger partial charge in [0.15, 0.2) is 52.4 Å². The fourth-order valence-electron chi connectivity index (χ4n) is 5.16. The highest BCUT2D eigenvalue weighted by Crippen LogP contribution is 2.36. The summed E-state index contributed by atoms with van der Waals surface area (Å²) in [6.07, 6.45) is -8.60. The minimum absolute atomic E-state index is 0.351. The van der Waals surface area contributed by atoms with E-state index >= 15 is 26.3 Å². The Morgan fingerprint density at radius 2 is 0.830 bits per heavy atom. The zero-order chi connectivity index (χ0) is 35.3. The molecule has 0 radical (unpaired) electrons. The van der Waals surface area contributed by atoms with Gasteiger partial charge >= 0.3 is 0 Å². The van der Waals surface area contributed by atoms with Gasteiger partial charge in [-0.2, -0.15) is 0 Å². The lowest BCUT2D eigenvalue weighted by Gasteiger charge is -2.47. The van der Waals surface area contributed by atoms with Crippen LogP contribution in [0, 0.1) is 87.3 Å². The summed E-state index contributed by atoms with van der Waals surface area (Å²) < 4.78 is 235. The molecule has 0 aromatic heterocycles. The zero-order valence-corrected chi connectivity index (χ0v) is 22.9. The highest BCUT2D eigenvalue weighted by Gasteiger charge is 2.50. The summed E-state index contributed by atoms with van der Waals surface area (Å²) >= 11 is 0. The lowest BCUT2D eigenvalue weighted by molar-refractivity contribution is 0.201. The van der Waals surface area contributed by atoms with Crippen LogP contribution in [0.4, 0.5) is 65.9 Å². The van der Waals surface area contributed by atoms with Gasteiger partial charge < -0.3 is 9.39 Å². The van der Waals surface area contributed by atoms with Crippen LogP contribution in [0.2, 0.25) is 0 Å². The third-order valence-electron chi connectivity index (χ3n) is 7.19. The van der Waals surface area contributed by atoms with Crippen LogP contribution >= 0.6 is 0 Å². The summed E-state index contributed by atoms with van der Waals surface area (Å²) in [5, 5.41) is 0. The Morgan fingerprint density at radius 3 is 1.13 bits per heavy atom. The van der Waals surface area contributed by atoms with Crippen LogP contribution in [-0.2, 0) is 4.65 Å². The van der Waals surface area contributed by atoms with Crippen LogP contribution < -0.4 is 21.1 Å². The average Bonchev–Trinajstić information content (AvgIpc) is 3.06. The lowest BCUT2D eigenvalue weighted by atomic mass is 9.27. The Bertz CT molecular complexity index is 1680. The Morgan fingerprint density at radius 1 is 0.532 bits per heavy atom. The lowest BCUT2D eigenvalue weighted by Crippen LogP contribution is -2.75. The van der Waals surface area contributed by atoms with Crippen molar-refractivity contribution in [2.75, 3.05) is 7.11 Å². The average molecular weight is 689 g/mol. The highest BCUT2D eigenvalue weighted by molar-refractivity contribution is 7.07. The van der Waals surface area contributed by atoms with E-state index < -0.39 is 128 Å². The zero-order valence-electron chi connectivity index (χ0n) is 22.9. The largest absolute Gasteiger partial charge is 0.573 e. The third kappa shape index (κ3) is 5.27. The normalized spacial score (nSPS) is 12.4. The summed E-state index contributed by atoms with van der Waals surface area (Å²) in [6, 6.07) is 4.47. The second kappa shape index (κ2) is 12.9. The molecule has 0 heterocycles. The van der Waals surface area contributed by atoms with Crippen molar-refractivity contribution in [2.45, 2.75) is 12.5 Å². The van der Waals surface area contributed by atoms with Crippen LogP contribution in [0.15, 0.2) is 36.9 Å². The summed E-state index contributed by atoms with van der Waals surface area (Å²) in [5.41, 5.74) is -9.11. The van der Waals surface area contributed by atoms with Crippen molar-refractivity contribution in [3.05, 3.63) is 130 Å². The molecule has 0 spiro atoms. The Balaban J connectivity index is 2.46. The molecule has 4 aromatic rings. The summed E-state index contributed by atoms with van der Waals surface area (Å²) in [5.74, 6) is -47.3. The Hall–Kier alpha value is -4.61. The molecule has 0 fully saturated rings. The molecule has 0 aliphatic carbocycles. The molecule has 1 atom stereocenters. The predicted octanol–water partition coefficient (Wildman–Crippen LogP) is 7.08. The van der Waals surface area contributed by atoms with Gasteiger partial charge in [0.1, 0.15) is 40.7 Å². The van der Waals surface area contributed by atoms with E-state index in [9.17, 15) is 39.5 Å². The molecule has 47 heavy (non-hydrogen) atoms. The van der Waals surface area contributed by atoms with E-state index in [-0.39, 0.29) is 5.75 Å². The van der Waals surface area contributed by atoms with Gasteiger partial charge in [-0.25, -0.2) is 65.9 Å². The second-order valence-corrected chi connectivity index (χ2v) is 9.63. The van der Waals surface area contributed by atoms with E-state index in [1.165, 1.54) is 6.07 Å². The second-order valence-electron chi connectivity index (χ2n) is 9.63. The number of ether oxygens (including phenoxy) is 1. The van der Waals surface area contributed by atoms with Gasteiger partial charge in [0.25, 0.3) is 0 Å². The van der Waals surface area contributed by atoms with Crippen molar-refractivity contribution >= 4 is 22.7 Å². The summed E-state index contributed by atoms with van der Waals surface area (Å²) in [4.78, 5) is 0. The molecule has 0 N–H and O–H groups in total. The molecule has 1 unspecified atom stereocenters. The maximum atomic E-state index is 15.7. The van der Waals surface area contributed by atoms with E-state index in [1.807, 2.05) is 0 Å². The van der Waals surface area contributed by atoms with Crippen molar-refractivity contribution in [2.24, 2.45) is 0 Å². The van der Waals surface area contributed by atoms with Crippen molar-refractivity contribution in [3.8, 4) is 5.75 Å². The Labute approximate surface area is 253 Å². The maximum absolute atomic E-state index is 15.7. The first-order chi connectivity index (χ1) is 22.0. The molecule has 0 bridgehead atoms. The maximum Gasteiger partial charge on any atom is 0.217 e. The van der Waals surface area contributed by atoms with E-state index in [1.54, 1.807) is 0 Å². The van der Waals surface area contributed by atoms with Crippen LogP contribution in [0.5, 0.6) is 5.75 Å². The first-order valence-electron chi connectivity index (χ1n) is 12.6. The molecular formula is C29H13BF15O2-. The molecule has 0 saturated carbocycles. The topological polar surface area (TPSA) is 18.5 Å². The molecule has 2 nitrogen and oxygen atoms in total. The predicted molar refractivity (Wildman–Crippen MR) is 135 cm³/mol. The highest BCUT2D eigenvalue weighted by atomic mass is 19.2. The first-order valence-corrected chi connectivity index (χ1v) is 12.6. The number of hydrogen-bond acceptors (Lipinski definition) is 2. The van der Waals surface area contributed by atoms with E-state index in [0.717, 1.165) is 31.4 Å². The van der Waals surface area contributed by atoms with Crippen molar-refractivity contribution in [1.29, 1.82) is 0 Å². The van der Waals surface area contributed by atoms with Crippen molar-refractivity contribution < 1.29 is 75.2 Å². The standard InChI is InChI=1S/C29H13BF15O2/c1-3-6-11(9-7-4-5-8-10(9)46-2)47-30(12-15(31)21(37)27(43)22(38)16(12)32,13-17(33)23(39)28(44)24(40)18(13)34)14-19(35)25(41)29(45)26(42)20(14)36/h3-5,7-8,11H,1,6H2,2H3/q-1. The summed E-state index contributed by atoms with van der Waals surface area (Å²) in [7, 11) is 0.973. The number of benzene rings is 4. The molecule has 0 amide bonds. The van der Waals surface area contributed by atoms with Crippen LogP contribution in [0.3, 0.4) is 0 Å². The van der Waals surface area contributed by atoms with Gasteiger partial charge in [-0.1, -0.05) is 40.7 Å². The van der Waals surface area contributed by atoms with Gasteiger partial charge in [0, 0.05) is 11.7 Å². The molecule has 4 rings (SSSR count). The number of halogens is 15. The van der Waals surface area contributed by atoms with Crippen molar-refractivity contribution in [1.82, 2.24) is 0 Å². The molecule has 0 aliphatic heterocycles. The SMILES string of the molecule is C=CCC(O[B-](c1c(F)c(F)c(F)c(F)c1F)(c1c(F)c(F)c(F)c(F)c1F)c1c(F)c(F)c(F)c(F)c1F)c1ccccc1OC. The quantitative estimate of drug-likeness (QED) is 0.0616. The molecule has 0 aliphatic rings. The van der Waals surface area contributed by atoms with E-state index in [4.69, 9.17) is 9.39 Å². The number of para-hydroxylation sites is 1. The smallest absolute Gasteiger partial charge is 0.217 e. The number of methoxy groups -OCH3 is 1. The van der Waals surface area contributed by atoms with Gasteiger partial charge in [0.05, 0.1) is 7.11 Å². The minimum Gasteiger partial charge on any atom is -0.573 e. The van der Waals surface area contributed by atoms with Crippen LogP contribution in [-0.4, -0.2) is 13.5 Å². The number of hydrogen-bond donors (Lipinski definition) is 0. The summed E-state index contributed by atoms with van der Waals surface area (Å²) in [6.45, 7) is 3.29. The Kier molecular flexibility index (Phi) is 9.67. The fourth-order valence-corrected chi connectivity index (χ4v) is 5.16. The molecule has 250 valence electrons. The van der Waals surface area contributed by atoms with Gasteiger partial charge in [0.2, 0.25) is 6.35 Å².